The zero-order valence-electron chi connectivity index (χ0n) is 16.3. The molecule has 0 spiro atoms. The van der Waals surface area contributed by atoms with Crippen LogP contribution in [0.3, 0.4) is 0 Å². The van der Waals surface area contributed by atoms with Crippen LogP contribution in [0.15, 0.2) is 55.0 Å². The smallest absolute Gasteiger partial charge is 0.318 e. The summed E-state index contributed by atoms with van der Waals surface area (Å²) in [5.41, 5.74) is 4.77. The maximum Gasteiger partial charge on any atom is 0.318 e. The van der Waals surface area contributed by atoms with Gasteiger partial charge in [-0.3, -0.25) is 0 Å². The van der Waals surface area contributed by atoms with Crippen molar-refractivity contribution in [3.05, 3.63) is 77.2 Å². The number of nitrogens with zero attached hydrogens (tertiary/aromatic N) is 4. The SMILES string of the molecule is Cc1ccc(C2CCCN2C(=O)NCc2ccnc(-n3cccn3)c2)cc1C. The Morgan fingerprint density at radius 1 is 1.18 bits per heavy atom. The average molecular weight is 375 g/mol. The Hall–Kier alpha value is -3.15. The van der Waals surface area contributed by atoms with Crippen LogP contribution in [0, 0.1) is 13.8 Å². The summed E-state index contributed by atoms with van der Waals surface area (Å²) >= 11 is 0. The summed E-state index contributed by atoms with van der Waals surface area (Å²) in [5, 5.41) is 7.27. The fourth-order valence-electron chi connectivity index (χ4n) is 3.71. The third kappa shape index (κ3) is 3.76. The summed E-state index contributed by atoms with van der Waals surface area (Å²) in [5.74, 6) is 0.742. The number of rotatable bonds is 4. The molecule has 1 aliphatic heterocycles. The molecule has 0 aliphatic carbocycles. The molecule has 2 amide bonds. The van der Waals surface area contributed by atoms with Crippen molar-refractivity contribution in [2.75, 3.05) is 6.54 Å². The minimum atomic E-state index is -0.0156. The van der Waals surface area contributed by atoms with Crippen molar-refractivity contribution in [3.8, 4) is 5.82 Å². The van der Waals surface area contributed by atoms with E-state index in [4.69, 9.17) is 0 Å². The van der Waals surface area contributed by atoms with Gasteiger partial charge in [-0.2, -0.15) is 5.10 Å². The van der Waals surface area contributed by atoms with E-state index in [1.54, 1.807) is 17.1 Å². The lowest BCUT2D eigenvalue weighted by molar-refractivity contribution is 0.192. The molecule has 1 unspecified atom stereocenters. The van der Waals surface area contributed by atoms with Crippen LogP contribution in [0.25, 0.3) is 5.82 Å². The lowest BCUT2D eigenvalue weighted by atomic mass is 9.99. The van der Waals surface area contributed by atoms with Crippen molar-refractivity contribution in [3.63, 3.8) is 0 Å². The van der Waals surface area contributed by atoms with Gasteiger partial charge in [-0.1, -0.05) is 18.2 Å². The lowest BCUT2D eigenvalue weighted by Crippen LogP contribution is -2.39. The second-order valence-corrected chi connectivity index (χ2v) is 7.33. The van der Waals surface area contributed by atoms with Gasteiger partial charge in [0.2, 0.25) is 0 Å². The summed E-state index contributed by atoms with van der Waals surface area (Å²) in [6.45, 7) is 5.49. The van der Waals surface area contributed by atoms with Crippen LogP contribution >= 0.6 is 0 Å². The van der Waals surface area contributed by atoms with Crippen molar-refractivity contribution in [2.24, 2.45) is 0 Å². The number of likely N-dealkylation sites (tertiary alicyclic amines) is 1. The van der Waals surface area contributed by atoms with Crippen molar-refractivity contribution in [2.45, 2.75) is 39.3 Å². The first-order valence-electron chi connectivity index (χ1n) is 9.68. The fraction of sp³-hybridized carbons (Fsp3) is 0.318. The maximum atomic E-state index is 12.8. The van der Waals surface area contributed by atoms with Gasteiger partial charge in [0, 0.05) is 31.7 Å². The van der Waals surface area contributed by atoms with Gasteiger partial charge in [-0.15, -0.1) is 0 Å². The fourth-order valence-corrected chi connectivity index (χ4v) is 3.71. The number of pyridine rings is 1. The molecule has 1 fully saturated rings. The number of hydrogen-bond acceptors (Lipinski definition) is 3. The minimum absolute atomic E-state index is 0.0156. The minimum Gasteiger partial charge on any atom is -0.334 e. The molecule has 3 aromatic rings. The maximum absolute atomic E-state index is 12.8. The molecule has 28 heavy (non-hydrogen) atoms. The molecular weight excluding hydrogens is 350 g/mol. The van der Waals surface area contributed by atoms with Crippen LogP contribution in [-0.2, 0) is 6.54 Å². The highest BCUT2D eigenvalue weighted by atomic mass is 16.2. The van der Waals surface area contributed by atoms with E-state index in [-0.39, 0.29) is 12.1 Å². The molecule has 4 rings (SSSR count). The van der Waals surface area contributed by atoms with E-state index in [1.165, 1.54) is 16.7 Å². The number of aryl methyl sites for hydroxylation is 2. The Labute approximate surface area is 165 Å². The van der Waals surface area contributed by atoms with Crippen molar-refractivity contribution in [1.29, 1.82) is 0 Å². The molecule has 2 aromatic heterocycles. The summed E-state index contributed by atoms with van der Waals surface area (Å²) < 4.78 is 1.71. The number of hydrogen-bond donors (Lipinski definition) is 1. The highest BCUT2D eigenvalue weighted by molar-refractivity contribution is 5.75. The molecule has 144 valence electrons. The Morgan fingerprint density at radius 2 is 2.07 bits per heavy atom. The zero-order valence-corrected chi connectivity index (χ0v) is 16.3. The molecule has 1 atom stereocenters. The number of carbonyl (C=O) groups is 1. The van der Waals surface area contributed by atoms with Crippen LogP contribution in [0.1, 0.15) is 41.1 Å². The summed E-state index contributed by atoms with van der Waals surface area (Å²) in [6, 6.07) is 12.4. The first kappa shape index (κ1) is 18.2. The van der Waals surface area contributed by atoms with Gasteiger partial charge in [0.1, 0.15) is 0 Å². The average Bonchev–Trinajstić information content (AvgIpc) is 3.40. The molecule has 0 radical (unpaired) electrons. The number of urea groups is 1. The predicted molar refractivity (Wildman–Crippen MR) is 108 cm³/mol. The second kappa shape index (κ2) is 7.84. The van der Waals surface area contributed by atoms with E-state index in [1.807, 2.05) is 29.3 Å². The van der Waals surface area contributed by atoms with E-state index in [2.05, 4.69) is 47.4 Å². The molecule has 1 saturated heterocycles. The molecule has 6 nitrogen and oxygen atoms in total. The Morgan fingerprint density at radius 3 is 2.86 bits per heavy atom. The molecule has 3 heterocycles. The van der Waals surface area contributed by atoms with Gasteiger partial charge in [0.25, 0.3) is 0 Å². The van der Waals surface area contributed by atoms with Crippen LogP contribution < -0.4 is 5.32 Å². The Bertz CT molecular complexity index is 967. The number of benzene rings is 1. The summed E-state index contributed by atoms with van der Waals surface area (Å²) in [6.07, 6.45) is 7.35. The lowest BCUT2D eigenvalue weighted by Gasteiger charge is -2.26. The molecule has 1 aliphatic rings. The Balaban J connectivity index is 1.43. The van der Waals surface area contributed by atoms with Crippen LogP contribution in [0.2, 0.25) is 0 Å². The Kier molecular flexibility index (Phi) is 5.10. The third-order valence-electron chi connectivity index (χ3n) is 5.42. The normalized spacial score (nSPS) is 16.4. The van der Waals surface area contributed by atoms with Gasteiger partial charge in [-0.25, -0.2) is 14.5 Å². The molecular formula is C22H25N5O. The predicted octanol–water partition coefficient (Wildman–Crippen LogP) is 3.93. The van der Waals surface area contributed by atoms with E-state index in [0.717, 1.165) is 30.8 Å². The van der Waals surface area contributed by atoms with Crippen LogP contribution in [0.4, 0.5) is 4.79 Å². The molecule has 6 heteroatoms. The van der Waals surface area contributed by atoms with Gasteiger partial charge in [-0.05, 0) is 67.1 Å². The standard InChI is InChI=1S/C22H25N5O/c1-16-6-7-19(13-17(16)2)20-5-3-11-26(20)22(28)24-15-18-8-10-23-21(14-18)27-12-4-9-25-27/h4,6-10,12-14,20H,3,5,11,15H2,1-2H3,(H,24,28). The van der Waals surface area contributed by atoms with Gasteiger partial charge >= 0.3 is 6.03 Å². The molecule has 0 saturated carbocycles. The van der Waals surface area contributed by atoms with Crippen LogP contribution in [0.5, 0.6) is 0 Å². The van der Waals surface area contributed by atoms with Gasteiger partial charge in [0.05, 0.1) is 6.04 Å². The van der Waals surface area contributed by atoms with Crippen LogP contribution in [-0.4, -0.2) is 32.2 Å². The largest absolute Gasteiger partial charge is 0.334 e. The summed E-state index contributed by atoms with van der Waals surface area (Å²) in [4.78, 5) is 19.1. The molecule has 0 bridgehead atoms. The van der Waals surface area contributed by atoms with E-state index >= 15 is 0 Å². The van der Waals surface area contributed by atoms with Gasteiger partial charge < -0.3 is 10.2 Å². The first-order valence-corrected chi connectivity index (χ1v) is 9.68. The van der Waals surface area contributed by atoms with E-state index in [0.29, 0.717) is 6.54 Å². The first-order chi connectivity index (χ1) is 13.6. The second-order valence-electron chi connectivity index (χ2n) is 7.33. The van der Waals surface area contributed by atoms with E-state index < -0.39 is 0 Å². The van der Waals surface area contributed by atoms with Crippen molar-refractivity contribution in [1.82, 2.24) is 25.0 Å². The zero-order chi connectivity index (χ0) is 19.5. The summed E-state index contributed by atoms with van der Waals surface area (Å²) in [7, 11) is 0. The molecule has 1 aromatic carbocycles. The van der Waals surface area contributed by atoms with Gasteiger partial charge in [0.15, 0.2) is 5.82 Å². The third-order valence-corrected chi connectivity index (χ3v) is 5.42. The number of amides is 2. The quantitative estimate of drug-likeness (QED) is 0.751. The number of aromatic nitrogens is 3. The highest BCUT2D eigenvalue weighted by Crippen LogP contribution is 2.32. The number of carbonyl (C=O) groups excluding carboxylic acids is 1. The topological polar surface area (TPSA) is 63.1 Å². The number of nitrogens with one attached hydrogen (secondary N) is 1. The van der Waals surface area contributed by atoms with Crippen molar-refractivity contribution < 1.29 is 4.79 Å². The highest BCUT2D eigenvalue weighted by Gasteiger charge is 2.29. The van der Waals surface area contributed by atoms with Crippen molar-refractivity contribution >= 4 is 6.03 Å². The monoisotopic (exact) mass is 375 g/mol. The molecule has 1 N–H and O–H groups in total. The van der Waals surface area contributed by atoms with E-state index in [9.17, 15) is 4.79 Å².